The van der Waals surface area contributed by atoms with Gasteiger partial charge in [-0.25, -0.2) is 0 Å². The highest BCUT2D eigenvalue weighted by molar-refractivity contribution is 6.30. The maximum atomic E-state index is 11.5. The first-order valence-electron chi connectivity index (χ1n) is 5.90. The van der Waals surface area contributed by atoms with Crippen LogP contribution in [0.3, 0.4) is 0 Å². The summed E-state index contributed by atoms with van der Waals surface area (Å²) in [6.07, 6.45) is 0.790. The van der Waals surface area contributed by atoms with Crippen LogP contribution in [-0.4, -0.2) is 44.6 Å². The molecule has 1 aromatic rings. The summed E-state index contributed by atoms with van der Waals surface area (Å²) in [5.41, 5.74) is 0. The summed E-state index contributed by atoms with van der Waals surface area (Å²) in [5, 5.41) is 3.49. The number of hydrogen-bond donors (Lipinski definition) is 1. The zero-order valence-electron chi connectivity index (χ0n) is 11.2. The Kier molecular flexibility index (Phi) is 9.39. The summed E-state index contributed by atoms with van der Waals surface area (Å²) in [7, 11) is 3.55. The van der Waals surface area contributed by atoms with Gasteiger partial charge in [0.05, 0.1) is 13.2 Å². The van der Waals surface area contributed by atoms with Crippen molar-refractivity contribution in [2.45, 2.75) is 6.42 Å². The van der Waals surface area contributed by atoms with E-state index in [1.165, 1.54) is 0 Å². The number of likely N-dealkylation sites (N-methyl/N-ethyl adjacent to an activating group) is 2. The van der Waals surface area contributed by atoms with Crippen LogP contribution in [0, 0.1) is 0 Å². The van der Waals surface area contributed by atoms with Gasteiger partial charge in [0.2, 0.25) is 5.91 Å². The van der Waals surface area contributed by atoms with E-state index in [2.05, 4.69) is 5.32 Å². The number of carbonyl (C=O) groups excluding carboxylic acids is 1. The summed E-state index contributed by atoms with van der Waals surface area (Å²) < 4.78 is 5.54. The molecule has 0 saturated heterocycles. The Balaban J connectivity index is 0.00000324. The van der Waals surface area contributed by atoms with Crippen molar-refractivity contribution < 1.29 is 9.53 Å². The molecule has 4 nitrogen and oxygen atoms in total. The van der Waals surface area contributed by atoms with Crippen molar-refractivity contribution in [1.29, 1.82) is 0 Å². The molecule has 1 amide bonds. The summed E-state index contributed by atoms with van der Waals surface area (Å²) in [6.45, 7) is 1.62. The molecule has 0 aromatic heterocycles. The number of nitrogens with zero attached hydrogens (tertiary/aromatic N) is 1. The van der Waals surface area contributed by atoms with Crippen LogP contribution in [-0.2, 0) is 4.79 Å². The van der Waals surface area contributed by atoms with E-state index in [0.717, 1.165) is 12.2 Å². The largest absolute Gasteiger partial charge is 0.493 e. The summed E-state index contributed by atoms with van der Waals surface area (Å²) in [5.74, 6) is 0.840. The Morgan fingerprint density at radius 2 is 2.21 bits per heavy atom. The molecule has 1 aromatic carbocycles. The summed E-state index contributed by atoms with van der Waals surface area (Å²) >= 11 is 5.84. The number of rotatable bonds is 7. The van der Waals surface area contributed by atoms with Gasteiger partial charge in [-0.1, -0.05) is 17.7 Å². The number of ether oxygens (including phenoxy) is 1. The van der Waals surface area contributed by atoms with Crippen molar-refractivity contribution in [1.82, 2.24) is 10.2 Å². The van der Waals surface area contributed by atoms with Gasteiger partial charge in [0, 0.05) is 18.6 Å². The van der Waals surface area contributed by atoms with Gasteiger partial charge in [0.25, 0.3) is 0 Å². The van der Waals surface area contributed by atoms with E-state index in [1.807, 2.05) is 12.1 Å². The fourth-order valence-corrected chi connectivity index (χ4v) is 1.64. The quantitative estimate of drug-likeness (QED) is 0.785. The molecule has 0 spiro atoms. The highest BCUT2D eigenvalue weighted by Gasteiger charge is 2.06. The second-order valence-electron chi connectivity index (χ2n) is 4.01. The van der Waals surface area contributed by atoms with Crippen LogP contribution in [0.4, 0.5) is 0 Å². The van der Waals surface area contributed by atoms with Gasteiger partial charge in [-0.05, 0) is 31.7 Å². The molecule has 1 rings (SSSR count). The minimum absolute atomic E-state index is 0. The second kappa shape index (κ2) is 9.89. The van der Waals surface area contributed by atoms with E-state index in [4.69, 9.17) is 16.3 Å². The normalized spacial score (nSPS) is 9.63. The van der Waals surface area contributed by atoms with Gasteiger partial charge < -0.3 is 15.0 Å². The van der Waals surface area contributed by atoms with Gasteiger partial charge in [-0.3, -0.25) is 4.79 Å². The number of benzene rings is 1. The first-order valence-corrected chi connectivity index (χ1v) is 6.28. The predicted octanol–water partition coefficient (Wildman–Crippen LogP) is 2.21. The molecule has 0 heterocycles. The molecule has 108 valence electrons. The van der Waals surface area contributed by atoms with E-state index in [-0.39, 0.29) is 18.3 Å². The van der Waals surface area contributed by atoms with Crippen LogP contribution in [0.5, 0.6) is 5.75 Å². The number of nitrogens with one attached hydrogen (secondary N) is 1. The second-order valence-corrected chi connectivity index (χ2v) is 4.44. The van der Waals surface area contributed by atoms with Gasteiger partial charge >= 0.3 is 0 Å². The minimum atomic E-state index is 0. The van der Waals surface area contributed by atoms with Gasteiger partial charge in [-0.2, -0.15) is 0 Å². The lowest BCUT2D eigenvalue weighted by Gasteiger charge is -2.17. The zero-order chi connectivity index (χ0) is 13.4. The molecular formula is C13H20Cl2N2O2. The first-order chi connectivity index (χ1) is 8.63. The Morgan fingerprint density at radius 1 is 1.47 bits per heavy atom. The lowest BCUT2D eigenvalue weighted by Crippen LogP contribution is -2.35. The third-order valence-corrected chi connectivity index (χ3v) is 2.69. The number of carbonyl (C=O) groups is 1. The van der Waals surface area contributed by atoms with Crippen molar-refractivity contribution in [3.63, 3.8) is 0 Å². The average molecular weight is 307 g/mol. The fourth-order valence-electron chi connectivity index (χ4n) is 1.46. The van der Waals surface area contributed by atoms with Crippen molar-refractivity contribution in [3.05, 3.63) is 29.3 Å². The zero-order valence-corrected chi connectivity index (χ0v) is 12.8. The standard InChI is InChI=1S/C13H19ClN2O2.ClH/c1-15-10-13(17)16(2)7-4-8-18-12-6-3-5-11(14)9-12;/h3,5-6,9,15H,4,7-8,10H2,1-2H3;1H. The summed E-state index contributed by atoms with van der Waals surface area (Å²) in [6, 6.07) is 7.29. The van der Waals surface area contributed by atoms with Crippen molar-refractivity contribution in [3.8, 4) is 5.75 Å². The Bertz CT molecular complexity index is 389. The van der Waals surface area contributed by atoms with Crippen LogP contribution in [0.2, 0.25) is 5.02 Å². The number of amides is 1. The molecule has 0 bridgehead atoms. The van der Waals surface area contributed by atoms with Gasteiger partial charge in [-0.15, -0.1) is 12.4 Å². The van der Waals surface area contributed by atoms with Gasteiger partial charge in [0.1, 0.15) is 5.75 Å². The van der Waals surface area contributed by atoms with Crippen LogP contribution >= 0.6 is 24.0 Å². The highest BCUT2D eigenvalue weighted by Crippen LogP contribution is 2.17. The summed E-state index contributed by atoms with van der Waals surface area (Å²) in [4.78, 5) is 13.1. The third kappa shape index (κ3) is 7.25. The first kappa shape index (κ1) is 18.0. The van der Waals surface area contributed by atoms with E-state index in [0.29, 0.717) is 24.7 Å². The number of halogens is 2. The van der Waals surface area contributed by atoms with E-state index >= 15 is 0 Å². The van der Waals surface area contributed by atoms with Crippen LogP contribution in [0.25, 0.3) is 0 Å². The molecule has 0 saturated carbocycles. The maximum Gasteiger partial charge on any atom is 0.236 e. The molecule has 0 fully saturated rings. The SMILES string of the molecule is CNCC(=O)N(C)CCCOc1cccc(Cl)c1.Cl. The lowest BCUT2D eigenvalue weighted by molar-refractivity contribution is -0.128. The maximum absolute atomic E-state index is 11.5. The molecule has 1 N–H and O–H groups in total. The molecule has 6 heteroatoms. The van der Waals surface area contributed by atoms with E-state index in [1.54, 1.807) is 31.1 Å². The smallest absolute Gasteiger partial charge is 0.236 e. The highest BCUT2D eigenvalue weighted by atomic mass is 35.5. The molecule has 0 aliphatic rings. The monoisotopic (exact) mass is 306 g/mol. The van der Waals surface area contributed by atoms with Crippen LogP contribution in [0.15, 0.2) is 24.3 Å². The number of hydrogen-bond acceptors (Lipinski definition) is 3. The minimum Gasteiger partial charge on any atom is -0.493 e. The average Bonchev–Trinajstić information content (AvgIpc) is 2.35. The molecule has 0 atom stereocenters. The molecule has 0 aliphatic carbocycles. The molecule has 0 radical (unpaired) electrons. The molecule has 19 heavy (non-hydrogen) atoms. The topological polar surface area (TPSA) is 41.6 Å². The third-order valence-electron chi connectivity index (χ3n) is 2.46. The van der Waals surface area contributed by atoms with E-state index in [9.17, 15) is 4.79 Å². The van der Waals surface area contributed by atoms with Crippen molar-refractivity contribution in [2.75, 3.05) is 33.8 Å². The Hall–Kier alpha value is -0.970. The Labute approximate surface area is 125 Å². The van der Waals surface area contributed by atoms with Crippen molar-refractivity contribution >= 4 is 29.9 Å². The lowest BCUT2D eigenvalue weighted by atomic mass is 10.3. The molecule has 0 aliphatic heterocycles. The van der Waals surface area contributed by atoms with E-state index < -0.39 is 0 Å². The Morgan fingerprint density at radius 3 is 2.84 bits per heavy atom. The predicted molar refractivity (Wildman–Crippen MR) is 80.4 cm³/mol. The molecular weight excluding hydrogens is 287 g/mol. The van der Waals surface area contributed by atoms with Crippen LogP contribution in [0.1, 0.15) is 6.42 Å². The van der Waals surface area contributed by atoms with Gasteiger partial charge in [0.15, 0.2) is 0 Å². The van der Waals surface area contributed by atoms with Crippen molar-refractivity contribution in [2.24, 2.45) is 0 Å². The fraction of sp³-hybridized carbons (Fsp3) is 0.462. The van der Waals surface area contributed by atoms with Crippen LogP contribution < -0.4 is 10.1 Å². The molecule has 0 unspecified atom stereocenters.